The second-order valence-corrected chi connectivity index (χ2v) is 5.76. The van der Waals surface area contributed by atoms with Crippen molar-refractivity contribution in [2.45, 2.75) is 51.6 Å². The first-order valence-electron chi connectivity index (χ1n) is 6.65. The summed E-state index contributed by atoms with van der Waals surface area (Å²) in [5.74, 6) is 0.927. The molecule has 0 radical (unpaired) electrons. The summed E-state index contributed by atoms with van der Waals surface area (Å²) in [7, 11) is 0. The van der Waals surface area contributed by atoms with Crippen LogP contribution in [0.4, 0.5) is 0 Å². The number of carbonyl (C=O) groups is 1. The Morgan fingerprint density at radius 2 is 2.18 bits per heavy atom. The molecular formula is C13H20O4. The molecule has 3 rings (SSSR count). The van der Waals surface area contributed by atoms with E-state index in [1.54, 1.807) is 0 Å². The molecule has 0 spiro atoms. The van der Waals surface area contributed by atoms with E-state index in [9.17, 15) is 9.90 Å². The molecule has 0 amide bonds. The van der Waals surface area contributed by atoms with Crippen molar-refractivity contribution in [2.24, 2.45) is 23.7 Å². The Morgan fingerprint density at radius 1 is 1.47 bits per heavy atom. The summed E-state index contributed by atoms with van der Waals surface area (Å²) >= 11 is 0. The third-order valence-corrected chi connectivity index (χ3v) is 4.84. The van der Waals surface area contributed by atoms with Gasteiger partial charge in [-0.1, -0.05) is 13.8 Å². The molecule has 4 heteroatoms. The summed E-state index contributed by atoms with van der Waals surface area (Å²) in [6, 6.07) is 0. The summed E-state index contributed by atoms with van der Waals surface area (Å²) in [5, 5.41) is 9.74. The van der Waals surface area contributed by atoms with Crippen LogP contribution in [0.5, 0.6) is 0 Å². The van der Waals surface area contributed by atoms with E-state index in [1.807, 2.05) is 13.8 Å². The third-order valence-electron chi connectivity index (χ3n) is 4.84. The fourth-order valence-corrected chi connectivity index (χ4v) is 3.65. The highest BCUT2D eigenvalue weighted by molar-refractivity contribution is 5.72. The lowest BCUT2D eigenvalue weighted by Crippen LogP contribution is -2.37. The number of rotatable bonds is 3. The second-order valence-electron chi connectivity index (χ2n) is 5.76. The Labute approximate surface area is 101 Å². The molecule has 17 heavy (non-hydrogen) atoms. The van der Waals surface area contributed by atoms with Gasteiger partial charge >= 0.3 is 5.97 Å². The van der Waals surface area contributed by atoms with E-state index in [1.165, 1.54) is 0 Å². The SMILES string of the molecule is CCC(C)C(=O)OC1C2CC3C(O)OC1C3C2. The highest BCUT2D eigenvalue weighted by Gasteiger charge is 2.62. The van der Waals surface area contributed by atoms with Gasteiger partial charge in [0.1, 0.15) is 12.2 Å². The van der Waals surface area contributed by atoms with Crippen molar-refractivity contribution >= 4 is 5.97 Å². The van der Waals surface area contributed by atoms with Crippen LogP contribution in [0.2, 0.25) is 0 Å². The van der Waals surface area contributed by atoms with Crippen LogP contribution in [0, 0.1) is 23.7 Å². The number of ether oxygens (including phenoxy) is 2. The minimum absolute atomic E-state index is 0.0451. The first kappa shape index (κ1) is 11.5. The molecule has 3 fully saturated rings. The molecule has 7 atom stereocenters. The number of hydrogen-bond acceptors (Lipinski definition) is 4. The molecule has 96 valence electrons. The lowest BCUT2D eigenvalue weighted by molar-refractivity contribution is -0.168. The van der Waals surface area contributed by atoms with Crippen molar-refractivity contribution < 1.29 is 19.4 Å². The molecule has 1 saturated heterocycles. The van der Waals surface area contributed by atoms with Crippen LogP contribution in [0.1, 0.15) is 33.1 Å². The van der Waals surface area contributed by atoms with Crippen LogP contribution in [-0.2, 0) is 14.3 Å². The van der Waals surface area contributed by atoms with Gasteiger partial charge in [0, 0.05) is 5.92 Å². The molecule has 4 nitrogen and oxygen atoms in total. The molecule has 0 aromatic carbocycles. The maximum atomic E-state index is 11.8. The fourth-order valence-electron chi connectivity index (χ4n) is 3.65. The van der Waals surface area contributed by atoms with E-state index in [2.05, 4.69) is 0 Å². The Kier molecular flexibility index (Phi) is 2.67. The molecule has 1 aliphatic heterocycles. The standard InChI is InChI=1S/C13H20O4/c1-3-6(2)12(14)16-10-7-4-8-9(5-7)13(15)17-11(8)10/h6-11,13,15H,3-5H2,1-2H3. The van der Waals surface area contributed by atoms with Gasteiger partial charge in [0.2, 0.25) is 0 Å². The number of hydrogen-bond donors (Lipinski definition) is 1. The summed E-state index contributed by atoms with van der Waals surface area (Å²) in [6.45, 7) is 3.88. The summed E-state index contributed by atoms with van der Waals surface area (Å²) < 4.78 is 11.1. The Bertz CT molecular complexity index is 329. The maximum absolute atomic E-state index is 11.8. The van der Waals surface area contributed by atoms with Crippen LogP contribution in [-0.4, -0.2) is 29.6 Å². The molecule has 1 heterocycles. The van der Waals surface area contributed by atoms with Gasteiger partial charge in [0.25, 0.3) is 0 Å². The van der Waals surface area contributed by atoms with Gasteiger partial charge in [-0.05, 0) is 31.1 Å². The van der Waals surface area contributed by atoms with Crippen LogP contribution >= 0.6 is 0 Å². The largest absolute Gasteiger partial charge is 0.459 e. The van der Waals surface area contributed by atoms with Crippen molar-refractivity contribution in [3.05, 3.63) is 0 Å². The van der Waals surface area contributed by atoms with Gasteiger partial charge in [-0.15, -0.1) is 0 Å². The summed E-state index contributed by atoms with van der Waals surface area (Å²) in [4.78, 5) is 11.8. The third kappa shape index (κ3) is 1.61. The average Bonchev–Trinajstić information content (AvgIpc) is 2.92. The van der Waals surface area contributed by atoms with Gasteiger partial charge in [0.05, 0.1) is 5.92 Å². The zero-order valence-electron chi connectivity index (χ0n) is 10.3. The minimum atomic E-state index is -0.637. The van der Waals surface area contributed by atoms with Crippen LogP contribution in [0.3, 0.4) is 0 Å². The van der Waals surface area contributed by atoms with E-state index in [4.69, 9.17) is 9.47 Å². The van der Waals surface area contributed by atoms with Gasteiger partial charge in [-0.25, -0.2) is 0 Å². The molecule has 0 aromatic heterocycles. The van der Waals surface area contributed by atoms with E-state index in [0.29, 0.717) is 11.8 Å². The van der Waals surface area contributed by atoms with E-state index in [-0.39, 0.29) is 30.0 Å². The first-order valence-corrected chi connectivity index (χ1v) is 6.65. The van der Waals surface area contributed by atoms with Crippen molar-refractivity contribution in [1.29, 1.82) is 0 Å². The highest BCUT2D eigenvalue weighted by atomic mass is 16.6. The van der Waals surface area contributed by atoms with Crippen LogP contribution < -0.4 is 0 Å². The second kappa shape index (κ2) is 3.95. The Hall–Kier alpha value is -0.610. The van der Waals surface area contributed by atoms with E-state index < -0.39 is 6.29 Å². The van der Waals surface area contributed by atoms with Crippen molar-refractivity contribution in [3.63, 3.8) is 0 Å². The van der Waals surface area contributed by atoms with Crippen molar-refractivity contribution in [3.8, 4) is 0 Å². The highest BCUT2D eigenvalue weighted by Crippen LogP contribution is 2.56. The zero-order chi connectivity index (χ0) is 12.2. The number of aliphatic hydroxyl groups is 1. The van der Waals surface area contributed by atoms with Gasteiger partial charge in [0.15, 0.2) is 6.29 Å². The Balaban J connectivity index is 1.68. The number of esters is 1. The molecular weight excluding hydrogens is 220 g/mol. The average molecular weight is 240 g/mol. The first-order chi connectivity index (χ1) is 8.11. The number of fused-ring (bicyclic) bond motifs is 1. The molecule has 1 N–H and O–H groups in total. The van der Waals surface area contributed by atoms with E-state index >= 15 is 0 Å². The molecule has 3 aliphatic rings. The smallest absolute Gasteiger partial charge is 0.309 e. The quantitative estimate of drug-likeness (QED) is 0.756. The van der Waals surface area contributed by atoms with Crippen LogP contribution in [0.25, 0.3) is 0 Å². The van der Waals surface area contributed by atoms with Gasteiger partial charge in [-0.2, -0.15) is 0 Å². The van der Waals surface area contributed by atoms with E-state index in [0.717, 1.165) is 19.3 Å². The molecule has 2 bridgehead atoms. The Morgan fingerprint density at radius 3 is 2.88 bits per heavy atom. The molecule has 2 aliphatic carbocycles. The van der Waals surface area contributed by atoms with Gasteiger partial charge < -0.3 is 14.6 Å². The summed E-state index contributed by atoms with van der Waals surface area (Å²) in [6.07, 6.45) is 1.99. The molecule has 2 saturated carbocycles. The topological polar surface area (TPSA) is 55.8 Å². The van der Waals surface area contributed by atoms with Crippen molar-refractivity contribution in [2.75, 3.05) is 0 Å². The predicted molar refractivity (Wildman–Crippen MR) is 59.9 cm³/mol. The maximum Gasteiger partial charge on any atom is 0.309 e. The lowest BCUT2D eigenvalue weighted by Gasteiger charge is -2.27. The number of carbonyl (C=O) groups excluding carboxylic acids is 1. The van der Waals surface area contributed by atoms with Gasteiger partial charge in [-0.3, -0.25) is 4.79 Å². The molecule has 7 unspecified atom stereocenters. The minimum Gasteiger partial charge on any atom is -0.459 e. The van der Waals surface area contributed by atoms with Crippen LogP contribution in [0.15, 0.2) is 0 Å². The fraction of sp³-hybridized carbons (Fsp3) is 0.923. The monoisotopic (exact) mass is 240 g/mol. The number of aliphatic hydroxyl groups excluding tert-OH is 1. The normalized spacial score (nSPS) is 48.4. The zero-order valence-corrected chi connectivity index (χ0v) is 10.3. The van der Waals surface area contributed by atoms with Crippen molar-refractivity contribution in [1.82, 2.24) is 0 Å². The molecule has 0 aromatic rings. The predicted octanol–water partition coefficient (Wildman–Crippen LogP) is 1.32. The summed E-state index contributed by atoms with van der Waals surface area (Å²) in [5.41, 5.74) is 0. The lowest BCUT2D eigenvalue weighted by atomic mass is 9.87.